The number of hydrogen-bond acceptors (Lipinski definition) is 3. The molecule has 128 valence electrons. The van der Waals surface area contributed by atoms with Gasteiger partial charge in [-0.3, -0.25) is 9.59 Å². The smallest absolute Gasteiger partial charge is 0.228 e. The van der Waals surface area contributed by atoms with Crippen molar-refractivity contribution >= 4 is 17.5 Å². The first-order chi connectivity index (χ1) is 12.2. The van der Waals surface area contributed by atoms with E-state index in [0.717, 1.165) is 12.8 Å². The second-order valence-electron chi connectivity index (χ2n) is 6.63. The van der Waals surface area contributed by atoms with Crippen LogP contribution in [-0.4, -0.2) is 17.9 Å². The molecule has 0 spiro atoms. The number of anilines is 1. The van der Waals surface area contributed by atoms with Crippen molar-refractivity contribution in [2.24, 2.45) is 11.8 Å². The molecule has 2 N–H and O–H groups in total. The number of nitrogens with one attached hydrogen (secondary N) is 2. The second kappa shape index (κ2) is 6.59. The average Bonchev–Trinajstić information content (AvgIpc) is 3.52. The molecule has 4 rings (SSSR count). The molecule has 25 heavy (non-hydrogen) atoms. The zero-order chi connectivity index (χ0) is 17.2. The zero-order valence-corrected chi connectivity index (χ0v) is 13.8. The van der Waals surface area contributed by atoms with Crippen LogP contribution in [0.15, 0.2) is 54.6 Å². The molecule has 0 aromatic heterocycles. The molecule has 2 aromatic rings. The number of carbonyl (C=O) groups is 2. The van der Waals surface area contributed by atoms with Gasteiger partial charge in [0.1, 0.15) is 5.75 Å². The predicted molar refractivity (Wildman–Crippen MR) is 94.3 cm³/mol. The van der Waals surface area contributed by atoms with Crippen molar-refractivity contribution in [2.75, 3.05) is 5.32 Å². The number of ether oxygens (including phenoxy) is 1. The molecule has 2 aliphatic rings. The Morgan fingerprint density at radius 2 is 1.56 bits per heavy atom. The van der Waals surface area contributed by atoms with Crippen LogP contribution in [0.4, 0.5) is 5.69 Å². The Hall–Kier alpha value is -2.82. The minimum absolute atomic E-state index is 0.0106. The molecule has 2 aliphatic carbocycles. The molecule has 0 bridgehead atoms. The highest BCUT2D eigenvalue weighted by Gasteiger charge is 2.49. The summed E-state index contributed by atoms with van der Waals surface area (Å²) in [6, 6.07) is 17.1. The standard InChI is InChI=1S/C20H20N2O3/c23-19(21-13-10-11-13)15-12-16(15)20(24)22-17-8-4-5-9-18(17)25-14-6-2-1-3-7-14/h1-9,13,15-16H,10-12H2,(H,21,23)(H,22,24). The van der Waals surface area contributed by atoms with E-state index in [9.17, 15) is 9.59 Å². The molecular formula is C20H20N2O3. The first-order valence-electron chi connectivity index (χ1n) is 8.64. The zero-order valence-electron chi connectivity index (χ0n) is 13.8. The number of para-hydroxylation sites is 3. The molecule has 2 unspecified atom stereocenters. The van der Waals surface area contributed by atoms with E-state index in [4.69, 9.17) is 4.74 Å². The van der Waals surface area contributed by atoms with Gasteiger partial charge in [0.15, 0.2) is 5.75 Å². The van der Waals surface area contributed by atoms with Gasteiger partial charge < -0.3 is 15.4 Å². The topological polar surface area (TPSA) is 67.4 Å². The van der Waals surface area contributed by atoms with Crippen molar-refractivity contribution in [3.8, 4) is 11.5 Å². The van der Waals surface area contributed by atoms with Gasteiger partial charge in [-0.15, -0.1) is 0 Å². The van der Waals surface area contributed by atoms with Gasteiger partial charge in [0.25, 0.3) is 0 Å². The highest BCUT2D eigenvalue weighted by Crippen LogP contribution is 2.41. The van der Waals surface area contributed by atoms with E-state index in [2.05, 4.69) is 10.6 Å². The second-order valence-corrected chi connectivity index (χ2v) is 6.63. The summed E-state index contributed by atoms with van der Waals surface area (Å²) < 4.78 is 5.85. The van der Waals surface area contributed by atoms with E-state index < -0.39 is 0 Å². The Kier molecular flexibility index (Phi) is 4.14. The fourth-order valence-corrected chi connectivity index (χ4v) is 2.81. The summed E-state index contributed by atoms with van der Waals surface area (Å²) in [5, 5.41) is 5.87. The van der Waals surface area contributed by atoms with Crippen molar-refractivity contribution in [1.82, 2.24) is 5.32 Å². The Balaban J connectivity index is 1.39. The van der Waals surface area contributed by atoms with Gasteiger partial charge >= 0.3 is 0 Å². The van der Waals surface area contributed by atoms with E-state index in [1.807, 2.05) is 48.5 Å². The summed E-state index contributed by atoms with van der Waals surface area (Å²) in [5.41, 5.74) is 0.615. The molecule has 2 aromatic carbocycles. The molecule has 0 saturated heterocycles. The summed E-state index contributed by atoms with van der Waals surface area (Å²) in [4.78, 5) is 24.5. The van der Waals surface area contributed by atoms with Crippen LogP contribution >= 0.6 is 0 Å². The van der Waals surface area contributed by atoms with Gasteiger partial charge in [0, 0.05) is 6.04 Å². The molecule has 2 fully saturated rings. The van der Waals surface area contributed by atoms with E-state index in [1.54, 1.807) is 6.07 Å². The molecule has 5 heteroatoms. The third kappa shape index (κ3) is 3.82. The predicted octanol–water partition coefficient (Wildman–Crippen LogP) is 3.33. The van der Waals surface area contributed by atoms with Crippen LogP contribution in [0.1, 0.15) is 19.3 Å². The van der Waals surface area contributed by atoms with Gasteiger partial charge in [-0.05, 0) is 43.5 Å². The number of rotatable bonds is 6. The normalized spacial score (nSPS) is 21.3. The Morgan fingerprint density at radius 3 is 2.32 bits per heavy atom. The number of amides is 2. The lowest BCUT2D eigenvalue weighted by molar-refractivity contribution is -0.125. The molecule has 2 saturated carbocycles. The highest BCUT2D eigenvalue weighted by atomic mass is 16.5. The first-order valence-corrected chi connectivity index (χ1v) is 8.64. The van der Waals surface area contributed by atoms with Crippen molar-refractivity contribution in [2.45, 2.75) is 25.3 Å². The monoisotopic (exact) mass is 336 g/mol. The summed E-state index contributed by atoms with van der Waals surface area (Å²) in [5.74, 6) is 0.738. The lowest BCUT2D eigenvalue weighted by Gasteiger charge is -2.12. The fourth-order valence-electron chi connectivity index (χ4n) is 2.81. The minimum Gasteiger partial charge on any atom is -0.455 e. The van der Waals surface area contributed by atoms with Crippen LogP contribution in [0.3, 0.4) is 0 Å². The molecule has 5 nitrogen and oxygen atoms in total. The van der Waals surface area contributed by atoms with Crippen LogP contribution in [0.5, 0.6) is 11.5 Å². The maximum absolute atomic E-state index is 12.4. The van der Waals surface area contributed by atoms with Gasteiger partial charge in [-0.1, -0.05) is 30.3 Å². The van der Waals surface area contributed by atoms with Gasteiger partial charge in [0.2, 0.25) is 11.8 Å². The molecule has 0 aliphatic heterocycles. The minimum atomic E-state index is -0.247. The summed E-state index contributed by atoms with van der Waals surface area (Å²) in [6.07, 6.45) is 2.73. The van der Waals surface area contributed by atoms with Crippen molar-refractivity contribution in [3.05, 3.63) is 54.6 Å². The van der Waals surface area contributed by atoms with Crippen molar-refractivity contribution in [3.63, 3.8) is 0 Å². The van der Waals surface area contributed by atoms with E-state index in [1.165, 1.54) is 0 Å². The van der Waals surface area contributed by atoms with Crippen molar-refractivity contribution < 1.29 is 14.3 Å². The quantitative estimate of drug-likeness (QED) is 0.850. The maximum Gasteiger partial charge on any atom is 0.228 e. The van der Waals surface area contributed by atoms with Gasteiger partial charge in [-0.2, -0.15) is 0 Å². The van der Waals surface area contributed by atoms with Crippen LogP contribution in [0.2, 0.25) is 0 Å². The molecule has 2 amide bonds. The summed E-state index contributed by atoms with van der Waals surface area (Å²) in [7, 11) is 0. The van der Waals surface area contributed by atoms with E-state index >= 15 is 0 Å². The third-order valence-corrected chi connectivity index (χ3v) is 4.50. The average molecular weight is 336 g/mol. The Labute approximate surface area is 146 Å². The SMILES string of the molecule is O=C(Nc1ccccc1Oc1ccccc1)C1CC1C(=O)NC1CC1. The number of benzene rings is 2. The van der Waals surface area contributed by atoms with Crippen molar-refractivity contribution in [1.29, 1.82) is 0 Å². The summed E-state index contributed by atoms with van der Waals surface area (Å²) in [6.45, 7) is 0. The number of hydrogen-bond donors (Lipinski definition) is 2. The van der Waals surface area contributed by atoms with E-state index in [-0.39, 0.29) is 23.7 Å². The Morgan fingerprint density at radius 1 is 0.880 bits per heavy atom. The highest BCUT2D eigenvalue weighted by molar-refractivity contribution is 6.00. The van der Waals surface area contributed by atoms with Gasteiger partial charge in [0.05, 0.1) is 17.5 Å². The van der Waals surface area contributed by atoms with Crippen LogP contribution < -0.4 is 15.4 Å². The first kappa shape index (κ1) is 15.7. The maximum atomic E-state index is 12.4. The third-order valence-electron chi connectivity index (χ3n) is 4.50. The Bertz CT molecular complexity index is 787. The molecular weight excluding hydrogens is 316 g/mol. The molecule has 0 heterocycles. The number of carbonyl (C=O) groups excluding carboxylic acids is 2. The fraction of sp³-hybridized carbons (Fsp3) is 0.300. The van der Waals surface area contributed by atoms with Gasteiger partial charge in [-0.25, -0.2) is 0 Å². The lowest BCUT2D eigenvalue weighted by atomic mass is 10.2. The largest absolute Gasteiger partial charge is 0.455 e. The summed E-state index contributed by atoms with van der Waals surface area (Å²) >= 11 is 0. The van der Waals surface area contributed by atoms with E-state index in [0.29, 0.717) is 29.6 Å². The van der Waals surface area contributed by atoms with Crippen LogP contribution in [-0.2, 0) is 9.59 Å². The van der Waals surface area contributed by atoms with Crippen LogP contribution in [0, 0.1) is 11.8 Å². The van der Waals surface area contributed by atoms with Crippen LogP contribution in [0.25, 0.3) is 0 Å². The lowest BCUT2D eigenvalue weighted by Crippen LogP contribution is -2.29. The molecule has 0 radical (unpaired) electrons. The molecule has 2 atom stereocenters.